The first kappa shape index (κ1) is 13.0. The fraction of sp³-hybridized carbons (Fsp3) is 0.333. The smallest absolute Gasteiger partial charge is 0.247 e. The van der Waals surface area contributed by atoms with E-state index >= 15 is 0 Å². The summed E-state index contributed by atoms with van der Waals surface area (Å²) in [5.74, 6) is 0.532. The largest absolute Gasteiger partial charge is 0.356 e. The van der Waals surface area contributed by atoms with Crippen LogP contribution in [0.3, 0.4) is 0 Å². The highest BCUT2D eigenvalue weighted by atomic mass is 16.1. The fourth-order valence-corrected chi connectivity index (χ4v) is 1.61. The van der Waals surface area contributed by atoms with E-state index in [1.807, 2.05) is 37.3 Å². The predicted molar refractivity (Wildman–Crippen MR) is 70.9 cm³/mol. The molecule has 0 bridgehead atoms. The van der Waals surface area contributed by atoms with Gasteiger partial charge in [0.05, 0.1) is 5.69 Å². The van der Waals surface area contributed by atoms with Gasteiger partial charge < -0.3 is 10.6 Å². The van der Waals surface area contributed by atoms with Crippen molar-refractivity contribution in [1.29, 1.82) is 0 Å². The maximum atomic E-state index is 11.3. The first-order valence-corrected chi connectivity index (χ1v) is 6.15. The maximum Gasteiger partial charge on any atom is 0.247 e. The van der Waals surface area contributed by atoms with E-state index in [0.29, 0.717) is 25.5 Å². The number of amides is 1. The topological polar surface area (TPSA) is 84.7 Å². The normalized spacial score (nSPS) is 10.2. The number of nitrogens with zero attached hydrogens (tertiary/aromatic N) is 4. The lowest BCUT2D eigenvalue weighted by Gasteiger charge is -2.06. The zero-order valence-corrected chi connectivity index (χ0v) is 10.7. The molecule has 0 aliphatic heterocycles. The Balaban J connectivity index is 1.95. The highest BCUT2D eigenvalue weighted by molar-refractivity contribution is 5.76. The van der Waals surface area contributed by atoms with Gasteiger partial charge in [-0.05, 0) is 29.5 Å². The van der Waals surface area contributed by atoms with Crippen molar-refractivity contribution in [3.8, 4) is 5.69 Å². The van der Waals surface area contributed by atoms with Crippen molar-refractivity contribution in [2.24, 2.45) is 0 Å². The third kappa shape index (κ3) is 3.51. The molecular weight excluding hydrogens is 244 g/mol. The van der Waals surface area contributed by atoms with Crippen LogP contribution in [0.1, 0.15) is 13.3 Å². The lowest BCUT2D eigenvalue weighted by molar-refractivity contribution is -0.120. The van der Waals surface area contributed by atoms with Crippen LogP contribution < -0.4 is 10.6 Å². The van der Waals surface area contributed by atoms with E-state index in [2.05, 4.69) is 26.2 Å². The number of para-hydroxylation sites is 1. The van der Waals surface area contributed by atoms with Crippen LogP contribution in [0.25, 0.3) is 5.69 Å². The predicted octanol–water partition coefficient (Wildman–Crippen LogP) is 0.600. The second kappa shape index (κ2) is 6.48. The maximum absolute atomic E-state index is 11.3. The Hall–Kier alpha value is -2.44. The van der Waals surface area contributed by atoms with E-state index in [0.717, 1.165) is 5.69 Å². The van der Waals surface area contributed by atoms with Gasteiger partial charge in [-0.2, -0.15) is 4.68 Å². The Kier molecular flexibility index (Phi) is 4.44. The van der Waals surface area contributed by atoms with Gasteiger partial charge in [0.15, 0.2) is 0 Å². The minimum Gasteiger partial charge on any atom is -0.356 e. The van der Waals surface area contributed by atoms with Gasteiger partial charge in [0.25, 0.3) is 0 Å². The van der Waals surface area contributed by atoms with Gasteiger partial charge in [-0.1, -0.05) is 23.3 Å². The molecule has 0 atom stereocenters. The Morgan fingerprint density at radius 3 is 2.84 bits per heavy atom. The van der Waals surface area contributed by atoms with Crippen LogP contribution in [-0.2, 0) is 4.79 Å². The first-order chi connectivity index (χ1) is 9.31. The molecule has 2 N–H and O–H groups in total. The van der Waals surface area contributed by atoms with E-state index in [1.54, 1.807) is 4.68 Å². The van der Waals surface area contributed by atoms with Gasteiger partial charge in [0.1, 0.15) is 0 Å². The molecule has 100 valence electrons. The molecule has 0 aliphatic carbocycles. The van der Waals surface area contributed by atoms with Crippen LogP contribution >= 0.6 is 0 Å². The number of nitrogens with one attached hydrogen (secondary N) is 2. The van der Waals surface area contributed by atoms with Crippen molar-refractivity contribution < 1.29 is 4.79 Å². The van der Waals surface area contributed by atoms with E-state index in [-0.39, 0.29) is 5.91 Å². The fourth-order valence-electron chi connectivity index (χ4n) is 1.61. The lowest BCUT2D eigenvalue weighted by Crippen LogP contribution is -2.25. The third-order valence-electron chi connectivity index (χ3n) is 2.48. The number of tetrazole rings is 1. The number of hydrogen-bond acceptors (Lipinski definition) is 5. The number of benzene rings is 1. The molecule has 0 saturated carbocycles. The summed E-state index contributed by atoms with van der Waals surface area (Å²) in [5, 5.41) is 17.2. The van der Waals surface area contributed by atoms with Crippen molar-refractivity contribution >= 4 is 11.9 Å². The van der Waals surface area contributed by atoms with Crippen molar-refractivity contribution in [1.82, 2.24) is 25.5 Å². The summed E-state index contributed by atoms with van der Waals surface area (Å²) in [7, 11) is 0. The van der Waals surface area contributed by atoms with Gasteiger partial charge in [-0.15, -0.1) is 0 Å². The zero-order chi connectivity index (χ0) is 13.5. The SMILES string of the molecule is CCNC(=O)CCNc1nnnn1-c1ccccc1. The molecule has 2 rings (SSSR count). The molecule has 0 spiro atoms. The molecular formula is C12H16N6O. The molecule has 19 heavy (non-hydrogen) atoms. The van der Waals surface area contributed by atoms with Crippen molar-refractivity contribution in [3.63, 3.8) is 0 Å². The summed E-state index contributed by atoms with van der Waals surface area (Å²) in [6.07, 6.45) is 0.384. The highest BCUT2D eigenvalue weighted by Crippen LogP contribution is 2.10. The molecule has 2 aromatic rings. The number of carbonyl (C=O) groups excluding carboxylic acids is 1. The zero-order valence-electron chi connectivity index (χ0n) is 10.7. The molecule has 1 aromatic heterocycles. The molecule has 0 saturated heterocycles. The van der Waals surface area contributed by atoms with Gasteiger partial charge in [-0.25, -0.2) is 0 Å². The standard InChI is InChI=1S/C12H16N6O/c1-2-13-11(19)8-9-14-12-15-16-17-18(12)10-6-4-3-5-7-10/h3-7H,2,8-9H2,1H3,(H,13,19)(H,14,15,17). The molecule has 0 radical (unpaired) electrons. The number of rotatable bonds is 6. The van der Waals surface area contributed by atoms with E-state index < -0.39 is 0 Å². The van der Waals surface area contributed by atoms with Crippen LogP contribution in [0, 0.1) is 0 Å². The number of carbonyl (C=O) groups is 1. The van der Waals surface area contributed by atoms with Crippen LogP contribution in [0.4, 0.5) is 5.95 Å². The molecule has 0 unspecified atom stereocenters. The molecule has 7 nitrogen and oxygen atoms in total. The monoisotopic (exact) mass is 260 g/mol. The van der Waals surface area contributed by atoms with Gasteiger partial charge in [-0.3, -0.25) is 4.79 Å². The third-order valence-corrected chi connectivity index (χ3v) is 2.48. The molecule has 0 fully saturated rings. The van der Waals surface area contributed by atoms with E-state index in [1.165, 1.54) is 0 Å². The summed E-state index contributed by atoms with van der Waals surface area (Å²) in [6.45, 7) is 3.01. The van der Waals surface area contributed by atoms with E-state index in [4.69, 9.17) is 0 Å². The molecule has 1 heterocycles. The Labute approximate surface area is 111 Å². The Bertz CT molecular complexity index is 524. The Morgan fingerprint density at radius 2 is 2.11 bits per heavy atom. The minimum absolute atomic E-state index is 0.00809. The van der Waals surface area contributed by atoms with Crippen LogP contribution in [0.15, 0.2) is 30.3 Å². The van der Waals surface area contributed by atoms with Gasteiger partial charge >= 0.3 is 0 Å². The quantitative estimate of drug-likeness (QED) is 0.794. The molecule has 0 aliphatic rings. The van der Waals surface area contributed by atoms with Gasteiger partial charge in [0, 0.05) is 19.5 Å². The van der Waals surface area contributed by atoms with Crippen molar-refractivity contribution in [3.05, 3.63) is 30.3 Å². The number of aromatic nitrogens is 4. The average Bonchev–Trinajstić information content (AvgIpc) is 2.88. The van der Waals surface area contributed by atoms with Gasteiger partial charge in [0.2, 0.25) is 11.9 Å². The average molecular weight is 260 g/mol. The van der Waals surface area contributed by atoms with Crippen molar-refractivity contribution in [2.75, 3.05) is 18.4 Å². The van der Waals surface area contributed by atoms with Crippen LogP contribution in [0.5, 0.6) is 0 Å². The minimum atomic E-state index is 0.00809. The summed E-state index contributed by atoms with van der Waals surface area (Å²) < 4.78 is 1.59. The van der Waals surface area contributed by atoms with Crippen LogP contribution in [0.2, 0.25) is 0 Å². The molecule has 1 aromatic carbocycles. The molecule has 7 heteroatoms. The summed E-state index contributed by atoms with van der Waals surface area (Å²) >= 11 is 0. The molecule has 1 amide bonds. The first-order valence-electron chi connectivity index (χ1n) is 6.15. The Morgan fingerprint density at radius 1 is 1.32 bits per heavy atom. The summed E-state index contributed by atoms with van der Waals surface area (Å²) in [4.78, 5) is 11.3. The summed E-state index contributed by atoms with van der Waals surface area (Å²) in [6, 6.07) is 9.57. The van der Waals surface area contributed by atoms with Crippen molar-refractivity contribution in [2.45, 2.75) is 13.3 Å². The number of hydrogen-bond donors (Lipinski definition) is 2. The number of anilines is 1. The second-order valence-corrected chi connectivity index (χ2v) is 3.88. The highest BCUT2D eigenvalue weighted by Gasteiger charge is 2.07. The summed E-state index contributed by atoms with van der Waals surface area (Å²) in [5.41, 5.74) is 0.869. The second-order valence-electron chi connectivity index (χ2n) is 3.88. The lowest BCUT2D eigenvalue weighted by atomic mass is 10.3. The van der Waals surface area contributed by atoms with Crippen LogP contribution in [-0.4, -0.2) is 39.2 Å². The van der Waals surface area contributed by atoms with E-state index in [9.17, 15) is 4.79 Å².